The van der Waals surface area contributed by atoms with Crippen molar-refractivity contribution in [3.8, 4) is 17.6 Å². The van der Waals surface area contributed by atoms with Gasteiger partial charge in [-0.05, 0) is 65.0 Å². The average Bonchev–Trinajstić information content (AvgIpc) is 3.44. The Morgan fingerprint density at radius 2 is 1.50 bits per heavy atom. The largest absolute Gasteiger partial charge is 0.489 e. The molecule has 0 saturated heterocycles. The van der Waals surface area contributed by atoms with E-state index in [4.69, 9.17) is 9.47 Å². The highest BCUT2D eigenvalue weighted by Crippen LogP contribution is 2.27. The summed E-state index contributed by atoms with van der Waals surface area (Å²) in [7, 11) is 1.32. The van der Waals surface area contributed by atoms with Gasteiger partial charge in [0.2, 0.25) is 0 Å². The third-order valence-electron chi connectivity index (χ3n) is 6.27. The van der Waals surface area contributed by atoms with E-state index in [1.54, 1.807) is 0 Å². The third-order valence-corrected chi connectivity index (χ3v) is 7.38. The number of ether oxygens (including phenoxy) is 2. The van der Waals surface area contributed by atoms with Crippen molar-refractivity contribution in [3.05, 3.63) is 136 Å². The number of carbonyl (C=O) groups excluding carboxylic acids is 2. The molecule has 1 aromatic heterocycles. The summed E-state index contributed by atoms with van der Waals surface area (Å²) in [5, 5.41) is 3.78. The Labute approximate surface area is 237 Å². The molecule has 40 heavy (non-hydrogen) atoms. The van der Waals surface area contributed by atoms with Gasteiger partial charge in [0, 0.05) is 22.2 Å². The van der Waals surface area contributed by atoms with Crippen molar-refractivity contribution in [1.29, 1.82) is 0 Å². The quantitative estimate of drug-likeness (QED) is 0.181. The summed E-state index contributed by atoms with van der Waals surface area (Å²) in [5.41, 5.74) is 3.76. The Morgan fingerprint density at radius 1 is 0.800 bits per heavy atom. The molecule has 0 bridgehead atoms. The Bertz CT molecular complexity index is 1670. The van der Waals surface area contributed by atoms with Crippen molar-refractivity contribution < 1.29 is 19.1 Å². The first-order valence-corrected chi connectivity index (χ1v) is 13.6. The lowest BCUT2D eigenvalue weighted by molar-refractivity contribution is -0.142. The van der Waals surface area contributed by atoms with Gasteiger partial charge < -0.3 is 14.8 Å². The molecule has 0 fully saturated rings. The molecule has 1 unspecified atom stereocenters. The molecule has 198 valence electrons. The predicted molar refractivity (Wildman–Crippen MR) is 158 cm³/mol. The Morgan fingerprint density at radius 3 is 2.23 bits per heavy atom. The molecule has 5 nitrogen and oxygen atoms in total. The summed E-state index contributed by atoms with van der Waals surface area (Å²) >= 11 is 1.37. The number of rotatable bonds is 8. The van der Waals surface area contributed by atoms with Gasteiger partial charge in [0.1, 0.15) is 18.4 Å². The average molecular weight is 546 g/mol. The highest BCUT2D eigenvalue weighted by molar-refractivity contribution is 7.20. The lowest BCUT2D eigenvalue weighted by atomic mass is 10.1. The van der Waals surface area contributed by atoms with Crippen molar-refractivity contribution >= 4 is 33.3 Å². The zero-order valence-corrected chi connectivity index (χ0v) is 22.7. The molecule has 0 saturated carbocycles. The van der Waals surface area contributed by atoms with E-state index in [2.05, 4.69) is 17.2 Å². The lowest BCUT2D eigenvalue weighted by Crippen LogP contribution is -2.42. The summed E-state index contributed by atoms with van der Waals surface area (Å²) < 4.78 is 11.8. The molecule has 4 aromatic carbocycles. The second-order valence-corrected chi connectivity index (χ2v) is 10.2. The minimum absolute atomic E-state index is 0.293. The van der Waals surface area contributed by atoms with E-state index in [9.17, 15) is 9.59 Å². The predicted octanol–water partition coefficient (Wildman–Crippen LogP) is 6.39. The first-order valence-electron chi connectivity index (χ1n) is 12.8. The van der Waals surface area contributed by atoms with Crippen LogP contribution in [0.3, 0.4) is 0 Å². The van der Waals surface area contributed by atoms with Gasteiger partial charge >= 0.3 is 5.97 Å². The molecular weight excluding hydrogens is 518 g/mol. The standard InChI is InChI=1S/C34H27NO4S/c1-38-34(37)30(21-26-14-17-29(18-15-26)39-23-27-10-6-3-7-11-27)35-33(36)32-22-28-20-25(16-19-31(28)40-32)13-12-24-8-4-2-5-9-24/h2-11,14-20,22,30H,21,23H2,1H3,(H,35,36). The molecule has 1 heterocycles. The van der Waals surface area contributed by atoms with E-state index >= 15 is 0 Å². The van der Waals surface area contributed by atoms with Crippen molar-refractivity contribution in [2.24, 2.45) is 0 Å². The molecule has 1 atom stereocenters. The maximum Gasteiger partial charge on any atom is 0.328 e. The van der Waals surface area contributed by atoms with Crippen molar-refractivity contribution in [2.45, 2.75) is 19.1 Å². The van der Waals surface area contributed by atoms with Crippen molar-refractivity contribution in [3.63, 3.8) is 0 Å². The highest BCUT2D eigenvalue weighted by atomic mass is 32.1. The molecular formula is C34H27NO4S. The molecule has 0 aliphatic rings. The van der Waals surface area contributed by atoms with Gasteiger partial charge in [0.05, 0.1) is 12.0 Å². The smallest absolute Gasteiger partial charge is 0.328 e. The van der Waals surface area contributed by atoms with Gasteiger partial charge in [-0.1, -0.05) is 72.5 Å². The Hall–Kier alpha value is -4.86. The summed E-state index contributed by atoms with van der Waals surface area (Å²) in [4.78, 5) is 26.2. The first-order chi connectivity index (χ1) is 19.6. The molecule has 1 amide bonds. The van der Waals surface area contributed by atoms with Crippen LogP contribution < -0.4 is 10.1 Å². The van der Waals surface area contributed by atoms with Crippen LogP contribution in [0.1, 0.15) is 31.9 Å². The van der Waals surface area contributed by atoms with Crippen molar-refractivity contribution in [1.82, 2.24) is 5.32 Å². The second-order valence-electron chi connectivity index (χ2n) is 9.15. The molecule has 0 spiro atoms. The van der Waals surface area contributed by atoms with Crippen LogP contribution in [0.2, 0.25) is 0 Å². The number of fused-ring (bicyclic) bond motifs is 1. The monoisotopic (exact) mass is 545 g/mol. The van der Waals surface area contributed by atoms with Crippen LogP contribution in [0.25, 0.3) is 10.1 Å². The number of hydrogen-bond acceptors (Lipinski definition) is 5. The molecule has 5 rings (SSSR count). The lowest BCUT2D eigenvalue weighted by Gasteiger charge is -2.16. The number of nitrogens with one attached hydrogen (secondary N) is 1. The summed E-state index contributed by atoms with van der Waals surface area (Å²) in [6, 6.07) is 34.1. The van der Waals surface area contributed by atoms with Crippen LogP contribution in [-0.2, 0) is 22.6 Å². The normalized spacial score (nSPS) is 11.2. The van der Waals surface area contributed by atoms with E-state index in [0.29, 0.717) is 17.9 Å². The Kier molecular flexibility index (Phi) is 8.55. The summed E-state index contributed by atoms with van der Waals surface area (Å²) in [6.07, 6.45) is 0.293. The molecule has 5 aromatic rings. The van der Waals surface area contributed by atoms with Gasteiger partial charge in [-0.25, -0.2) is 4.79 Å². The maximum atomic E-state index is 13.1. The molecule has 0 aliphatic carbocycles. The van der Waals surface area contributed by atoms with Crippen LogP contribution in [0, 0.1) is 11.8 Å². The fourth-order valence-corrected chi connectivity index (χ4v) is 5.11. The van der Waals surface area contributed by atoms with Crippen LogP contribution in [0.5, 0.6) is 5.75 Å². The van der Waals surface area contributed by atoms with Crippen molar-refractivity contribution in [2.75, 3.05) is 7.11 Å². The number of carbonyl (C=O) groups is 2. The highest BCUT2D eigenvalue weighted by Gasteiger charge is 2.23. The summed E-state index contributed by atoms with van der Waals surface area (Å²) in [6.45, 7) is 0.470. The number of esters is 1. The SMILES string of the molecule is COC(=O)C(Cc1ccc(OCc2ccccc2)cc1)NC(=O)c1cc2cc(C#Cc3ccccc3)ccc2s1. The summed E-state index contributed by atoms with van der Waals surface area (Å²) in [5.74, 6) is 6.23. The zero-order chi connectivity index (χ0) is 27.7. The number of hydrogen-bond donors (Lipinski definition) is 1. The fourth-order valence-electron chi connectivity index (χ4n) is 4.16. The van der Waals surface area contributed by atoms with E-state index in [1.807, 2.05) is 109 Å². The molecule has 0 aliphatic heterocycles. The Balaban J connectivity index is 1.24. The zero-order valence-electron chi connectivity index (χ0n) is 21.9. The maximum absolute atomic E-state index is 13.1. The minimum Gasteiger partial charge on any atom is -0.489 e. The van der Waals surface area contributed by atoms with Gasteiger partial charge in [0.25, 0.3) is 5.91 Å². The van der Waals surface area contributed by atoms with E-state index < -0.39 is 12.0 Å². The fraction of sp³-hybridized carbons (Fsp3) is 0.118. The topological polar surface area (TPSA) is 64.6 Å². The van der Waals surface area contributed by atoms with Crippen LogP contribution >= 0.6 is 11.3 Å². The molecule has 6 heteroatoms. The van der Waals surface area contributed by atoms with E-state index in [-0.39, 0.29) is 5.91 Å². The van der Waals surface area contributed by atoms with Gasteiger partial charge in [-0.2, -0.15) is 0 Å². The number of benzene rings is 4. The third kappa shape index (κ3) is 6.96. The first kappa shape index (κ1) is 26.7. The molecule has 0 radical (unpaired) electrons. The van der Waals surface area contributed by atoms with Crippen LogP contribution in [0.4, 0.5) is 0 Å². The van der Waals surface area contributed by atoms with Gasteiger partial charge in [-0.3, -0.25) is 4.79 Å². The number of amides is 1. The van der Waals surface area contributed by atoms with Crippen LogP contribution in [-0.4, -0.2) is 25.0 Å². The minimum atomic E-state index is -0.828. The van der Waals surface area contributed by atoms with Gasteiger partial charge in [0.15, 0.2) is 0 Å². The number of thiophene rings is 1. The second kappa shape index (κ2) is 12.8. The van der Waals surface area contributed by atoms with Crippen LogP contribution in [0.15, 0.2) is 109 Å². The van der Waals surface area contributed by atoms with E-state index in [1.165, 1.54) is 18.4 Å². The number of methoxy groups -OCH3 is 1. The van der Waals surface area contributed by atoms with Gasteiger partial charge in [-0.15, -0.1) is 11.3 Å². The van der Waals surface area contributed by atoms with E-state index in [0.717, 1.165) is 38.1 Å². The molecule has 1 N–H and O–H groups in total.